The van der Waals surface area contributed by atoms with Crippen LogP contribution in [-0.4, -0.2) is 41.1 Å². The van der Waals surface area contributed by atoms with Gasteiger partial charge in [-0.2, -0.15) is 5.26 Å². The van der Waals surface area contributed by atoms with Crippen LogP contribution in [0.15, 0.2) is 0 Å². The number of nitrogens with zero attached hydrogens (tertiary/aromatic N) is 2. The summed E-state index contributed by atoms with van der Waals surface area (Å²) in [5.41, 5.74) is -0.584. The quantitative estimate of drug-likeness (QED) is 0.750. The minimum atomic E-state index is -0.885. The van der Waals surface area contributed by atoms with Crippen LogP contribution in [0.4, 0.5) is 4.79 Å². The molecule has 0 saturated heterocycles. The molecule has 0 rings (SSSR count). The maximum absolute atomic E-state index is 11.8. The van der Waals surface area contributed by atoms with Gasteiger partial charge in [-0.15, -0.1) is 0 Å². The molecule has 0 spiro atoms. The minimum absolute atomic E-state index is 0.00555. The lowest BCUT2D eigenvalue weighted by molar-refractivity contribution is -0.137. The molecule has 0 radical (unpaired) electrons. The fourth-order valence-corrected chi connectivity index (χ4v) is 1.40. The van der Waals surface area contributed by atoms with E-state index in [1.54, 1.807) is 27.8 Å². The summed E-state index contributed by atoms with van der Waals surface area (Å²) in [6, 6.07) is 1.76. The molecule has 0 fully saturated rings. The van der Waals surface area contributed by atoms with Crippen LogP contribution in [0.25, 0.3) is 0 Å². The van der Waals surface area contributed by atoms with E-state index in [2.05, 4.69) is 11.4 Å². The van der Waals surface area contributed by atoms with Crippen molar-refractivity contribution in [1.29, 1.82) is 5.26 Å². The van der Waals surface area contributed by atoms with Crippen molar-refractivity contribution in [1.82, 2.24) is 10.2 Å². The predicted octanol–water partition coefficient (Wildman–Crippen LogP) is 1.43. The molecule has 0 aliphatic heterocycles. The van der Waals surface area contributed by atoms with E-state index >= 15 is 0 Å². The molecule has 6 nitrogen and oxygen atoms in total. The lowest BCUT2D eigenvalue weighted by Crippen LogP contribution is -2.49. The molecular weight excluding hydrogens is 234 g/mol. The summed E-state index contributed by atoms with van der Waals surface area (Å²) in [5.74, 6) is -1.12. The van der Waals surface area contributed by atoms with Gasteiger partial charge in [0.15, 0.2) is 0 Å². The van der Waals surface area contributed by atoms with Crippen molar-refractivity contribution < 1.29 is 14.7 Å². The van der Waals surface area contributed by atoms with Crippen molar-refractivity contribution in [3.05, 3.63) is 0 Å². The Bertz CT molecular complexity index is 347. The second-order valence-electron chi connectivity index (χ2n) is 5.12. The summed E-state index contributed by atoms with van der Waals surface area (Å²) < 4.78 is 0. The van der Waals surface area contributed by atoms with E-state index in [0.717, 1.165) is 0 Å². The molecule has 1 atom stereocenters. The molecule has 0 aliphatic carbocycles. The van der Waals surface area contributed by atoms with Crippen molar-refractivity contribution in [3.63, 3.8) is 0 Å². The van der Waals surface area contributed by atoms with Crippen LogP contribution in [0.2, 0.25) is 0 Å². The summed E-state index contributed by atoms with van der Waals surface area (Å²) >= 11 is 0. The number of hydrogen-bond acceptors (Lipinski definition) is 3. The second kappa shape index (κ2) is 6.84. The van der Waals surface area contributed by atoms with Crippen LogP contribution >= 0.6 is 0 Å². The summed E-state index contributed by atoms with van der Waals surface area (Å²) in [4.78, 5) is 23.7. The van der Waals surface area contributed by atoms with Crippen molar-refractivity contribution in [2.75, 3.05) is 13.6 Å². The molecule has 0 aromatic carbocycles. The number of aliphatic carboxylic acids is 1. The standard InChI is InChI=1S/C12H21N3O3/c1-9(7-13)8-15(4)11(18)14-12(2,3)6-5-10(16)17/h9H,5-6,8H2,1-4H3,(H,14,18)(H,16,17). The molecule has 2 amide bonds. The highest BCUT2D eigenvalue weighted by Gasteiger charge is 2.23. The number of carboxylic acid groups (broad SMARTS) is 1. The first kappa shape index (κ1) is 16.2. The molecule has 1 unspecified atom stereocenters. The molecule has 0 heterocycles. The number of rotatable bonds is 6. The van der Waals surface area contributed by atoms with E-state index in [4.69, 9.17) is 10.4 Å². The average molecular weight is 255 g/mol. The van der Waals surface area contributed by atoms with Crippen LogP contribution in [0, 0.1) is 17.2 Å². The first-order valence-electron chi connectivity index (χ1n) is 5.82. The molecular formula is C12H21N3O3. The van der Waals surface area contributed by atoms with Gasteiger partial charge in [0.05, 0.1) is 12.0 Å². The zero-order valence-corrected chi connectivity index (χ0v) is 11.4. The van der Waals surface area contributed by atoms with Gasteiger partial charge in [-0.1, -0.05) is 0 Å². The first-order chi connectivity index (χ1) is 8.18. The number of carbonyl (C=O) groups excluding carboxylic acids is 1. The highest BCUT2D eigenvalue weighted by molar-refractivity contribution is 5.75. The Labute approximate surface area is 108 Å². The Morgan fingerprint density at radius 3 is 2.50 bits per heavy atom. The minimum Gasteiger partial charge on any atom is -0.481 e. The number of urea groups is 1. The smallest absolute Gasteiger partial charge is 0.317 e. The Hall–Kier alpha value is -1.77. The van der Waals surface area contributed by atoms with E-state index in [1.807, 2.05) is 0 Å². The molecule has 0 bridgehead atoms. The van der Waals surface area contributed by atoms with Gasteiger partial charge in [-0.25, -0.2) is 4.79 Å². The zero-order chi connectivity index (χ0) is 14.3. The van der Waals surface area contributed by atoms with Crippen LogP contribution in [-0.2, 0) is 4.79 Å². The average Bonchev–Trinajstić information content (AvgIpc) is 2.25. The third-order valence-corrected chi connectivity index (χ3v) is 2.52. The van der Waals surface area contributed by atoms with Crippen LogP contribution < -0.4 is 5.32 Å². The van der Waals surface area contributed by atoms with E-state index < -0.39 is 11.5 Å². The molecule has 18 heavy (non-hydrogen) atoms. The van der Waals surface area contributed by atoms with Gasteiger partial charge in [0.1, 0.15) is 0 Å². The lowest BCUT2D eigenvalue weighted by Gasteiger charge is -2.29. The Morgan fingerprint density at radius 2 is 2.06 bits per heavy atom. The Morgan fingerprint density at radius 1 is 1.50 bits per heavy atom. The highest BCUT2D eigenvalue weighted by atomic mass is 16.4. The molecule has 0 aromatic heterocycles. The molecule has 2 N–H and O–H groups in total. The SMILES string of the molecule is CC(C#N)CN(C)C(=O)NC(C)(C)CCC(=O)O. The summed E-state index contributed by atoms with van der Waals surface area (Å²) in [6.45, 7) is 5.63. The fraction of sp³-hybridized carbons (Fsp3) is 0.750. The molecule has 0 aromatic rings. The number of amides is 2. The van der Waals surface area contributed by atoms with Gasteiger partial charge >= 0.3 is 12.0 Å². The van der Waals surface area contributed by atoms with Crippen LogP contribution in [0.1, 0.15) is 33.6 Å². The number of hydrogen-bond donors (Lipinski definition) is 2. The van der Waals surface area contributed by atoms with E-state index in [-0.39, 0.29) is 18.4 Å². The maximum Gasteiger partial charge on any atom is 0.317 e. The third kappa shape index (κ3) is 6.74. The summed E-state index contributed by atoms with van der Waals surface area (Å²) in [6.07, 6.45) is 0.362. The summed E-state index contributed by atoms with van der Waals surface area (Å²) in [5, 5.41) is 20.0. The van der Waals surface area contributed by atoms with Crippen molar-refractivity contribution >= 4 is 12.0 Å². The predicted molar refractivity (Wildman–Crippen MR) is 66.9 cm³/mol. The van der Waals surface area contributed by atoms with Gasteiger partial charge in [-0.3, -0.25) is 4.79 Å². The van der Waals surface area contributed by atoms with Gasteiger partial charge in [0.2, 0.25) is 0 Å². The van der Waals surface area contributed by atoms with E-state index in [9.17, 15) is 9.59 Å². The van der Waals surface area contributed by atoms with Gasteiger partial charge in [0, 0.05) is 25.6 Å². The van der Waals surface area contributed by atoms with Crippen LogP contribution in [0.5, 0.6) is 0 Å². The van der Waals surface area contributed by atoms with Crippen molar-refractivity contribution in [2.45, 2.75) is 39.2 Å². The number of carboxylic acids is 1. The van der Waals surface area contributed by atoms with E-state index in [0.29, 0.717) is 13.0 Å². The monoisotopic (exact) mass is 255 g/mol. The maximum atomic E-state index is 11.8. The normalized spacial score (nSPS) is 12.4. The molecule has 102 valence electrons. The third-order valence-electron chi connectivity index (χ3n) is 2.52. The number of nitrogens with one attached hydrogen (secondary N) is 1. The summed E-state index contributed by atoms with van der Waals surface area (Å²) in [7, 11) is 1.61. The van der Waals surface area contributed by atoms with Gasteiger partial charge < -0.3 is 15.3 Å². The fourth-order valence-electron chi connectivity index (χ4n) is 1.40. The zero-order valence-electron chi connectivity index (χ0n) is 11.4. The number of carbonyl (C=O) groups is 2. The molecule has 6 heteroatoms. The van der Waals surface area contributed by atoms with Gasteiger partial charge in [0.25, 0.3) is 0 Å². The second-order valence-corrected chi connectivity index (χ2v) is 5.12. The van der Waals surface area contributed by atoms with Gasteiger partial charge in [-0.05, 0) is 27.2 Å². The Kier molecular flexibility index (Phi) is 6.17. The van der Waals surface area contributed by atoms with Crippen molar-refractivity contribution in [3.8, 4) is 6.07 Å². The molecule has 0 aliphatic rings. The topological polar surface area (TPSA) is 93.4 Å². The highest BCUT2D eigenvalue weighted by Crippen LogP contribution is 2.12. The number of nitriles is 1. The first-order valence-corrected chi connectivity index (χ1v) is 5.82. The van der Waals surface area contributed by atoms with Crippen molar-refractivity contribution in [2.24, 2.45) is 5.92 Å². The molecule has 0 saturated carbocycles. The Balaban J connectivity index is 4.28. The largest absolute Gasteiger partial charge is 0.481 e. The lowest BCUT2D eigenvalue weighted by atomic mass is 9.99. The van der Waals surface area contributed by atoms with E-state index in [1.165, 1.54) is 4.90 Å². The van der Waals surface area contributed by atoms with Crippen LogP contribution in [0.3, 0.4) is 0 Å².